The predicted octanol–water partition coefficient (Wildman–Crippen LogP) is 1.77. The van der Waals surface area contributed by atoms with Crippen molar-refractivity contribution in [3.8, 4) is 0 Å². The van der Waals surface area contributed by atoms with E-state index in [4.69, 9.17) is 5.73 Å². The largest absolute Gasteiger partial charge is 0.352 e. The summed E-state index contributed by atoms with van der Waals surface area (Å²) in [6.45, 7) is 4.94. The molecule has 1 amide bonds. The first kappa shape index (κ1) is 12.1. The summed E-state index contributed by atoms with van der Waals surface area (Å²) in [6, 6.07) is 8.47. The van der Waals surface area contributed by atoms with Crippen LogP contribution in [0.15, 0.2) is 24.3 Å². The van der Waals surface area contributed by atoms with Gasteiger partial charge in [-0.2, -0.15) is 0 Å². The highest BCUT2D eigenvalue weighted by atomic mass is 16.2. The summed E-state index contributed by atoms with van der Waals surface area (Å²) in [7, 11) is 0. The molecule has 2 rings (SSSR count). The molecule has 1 fully saturated rings. The molecule has 0 aliphatic heterocycles. The van der Waals surface area contributed by atoms with Gasteiger partial charge >= 0.3 is 0 Å². The number of benzene rings is 1. The lowest BCUT2D eigenvalue weighted by Crippen LogP contribution is -2.26. The highest BCUT2D eigenvalue weighted by molar-refractivity contribution is 5.82. The first-order valence-electron chi connectivity index (χ1n) is 6.20. The number of nitrogens with two attached hydrogens (primary N) is 1. The minimum absolute atomic E-state index is 0.0462. The van der Waals surface area contributed by atoms with Crippen LogP contribution in [0, 0.1) is 5.92 Å². The normalized spacial score (nSPS) is 22.6. The van der Waals surface area contributed by atoms with Gasteiger partial charge in [-0.15, -0.1) is 0 Å². The Bertz CT molecular complexity index is 397. The lowest BCUT2D eigenvalue weighted by atomic mass is 10.0. The van der Waals surface area contributed by atoms with Gasteiger partial charge in [0, 0.05) is 12.6 Å². The zero-order valence-electron chi connectivity index (χ0n) is 10.4. The number of nitrogens with one attached hydrogen (secondary N) is 1. The van der Waals surface area contributed by atoms with E-state index in [-0.39, 0.29) is 17.9 Å². The molecule has 3 heteroatoms. The zero-order chi connectivity index (χ0) is 12.4. The van der Waals surface area contributed by atoms with Crippen LogP contribution in [0.1, 0.15) is 37.3 Å². The van der Waals surface area contributed by atoms with Crippen molar-refractivity contribution in [2.45, 2.75) is 38.8 Å². The van der Waals surface area contributed by atoms with Gasteiger partial charge in [-0.25, -0.2) is 0 Å². The molecule has 2 unspecified atom stereocenters. The summed E-state index contributed by atoms with van der Waals surface area (Å²) in [6.07, 6.45) is 0.831. The Morgan fingerprint density at radius 3 is 2.47 bits per heavy atom. The molecule has 1 aromatic rings. The van der Waals surface area contributed by atoms with Crippen LogP contribution in [0.2, 0.25) is 0 Å². The van der Waals surface area contributed by atoms with Crippen molar-refractivity contribution in [1.82, 2.24) is 5.32 Å². The van der Waals surface area contributed by atoms with Gasteiger partial charge in [0.25, 0.3) is 0 Å². The third kappa shape index (κ3) is 3.07. The van der Waals surface area contributed by atoms with Crippen LogP contribution in [0.4, 0.5) is 0 Å². The van der Waals surface area contributed by atoms with Crippen LogP contribution < -0.4 is 11.1 Å². The molecule has 0 saturated heterocycles. The van der Waals surface area contributed by atoms with E-state index in [1.165, 1.54) is 5.56 Å². The summed E-state index contributed by atoms with van der Waals surface area (Å²) in [5.41, 5.74) is 8.09. The van der Waals surface area contributed by atoms with Gasteiger partial charge in [0.05, 0.1) is 5.92 Å². The topological polar surface area (TPSA) is 55.1 Å². The van der Waals surface area contributed by atoms with Crippen LogP contribution in [0.3, 0.4) is 0 Å². The van der Waals surface area contributed by atoms with Crippen molar-refractivity contribution in [3.05, 3.63) is 35.4 Å². The SMILES string of the molecule is CC(C)c1ccc(CNC(=O)C2CC2N)cc1. The number of rotatable bonds is 4. The maximum absolute atomic E-state index is 11.6. The Labute approximate surface area is 102 Å². The molecule has 0 aromatic heterocycles. The molecule has 3 N–H and O–H groups in total. The minimum atomic E-state index is 0.0462. The van der Waals surface area contributed by atoms with E-state index in [1.807, 2.05) is 0 Å². The Balaban J connectivity index is 1.84. The van der Waals surface area contributed by atoms with E-state index in [2.05, 4.69) is 43.4 Å². The van der Waals surface area contributed by atoms with E-state index in [9.17, 15) is 4.79 Å². The lowest BCUT2D eigenvalue weighted by Gasteiger charge is -2.08. The average molecular weight is 232 g/mol. The molecular weight excluding hydrogens is 212 g/mol. The Morgan fingerprint density at radius 1 is 1.41 bits per heavy atom. The van der Waals surface area contributed by atoms with Crippen molar-refractivity contribution in [1.29, 1.82) is 0 Å². The quantitative estimate of drug-likeness (QED) is 0.831. The summed E-state index contributed by atoms with van der Waals surface area (Å²) >= 11 is 0. The molecule has 2 atom stereocenters. The van der Waals surface area contributed by atoms with E-state index in [1.54, 1.807) is 0 Å². The first-order chi connectivity index (χ1) is 8.08. The molecule has 3 nitrogen and oxygen atoms in total. The van der Waals surface area contributed by atoms with Crippen LogP contribution in [-0.2, 0) is 11.3 Å². The fraction of sp³-hybridized carbons (Fsp3) is 0.500. The first-order valence-corrected chi connectivity index (χ1v) is 6.20. The highest BCUT2D eigenvalue weighted by Crippen LogP contribution is 2.27. The van der Waals surface area contributed by atoms with Crippen LogP contribution in [0.5, 0.6) is 0 Å². The molecule has 92 valence electrons. The second-order valence-corrected chi connectivity index (χ2v) is 5.12. The summed E-state index contributed by atoms with van der Waals surface area (Å²) in [5.74, 6) is 0.679. The van der Waals surface area contributed by atoms with E-state index >= 15 is 0 Å². The second kappa shape index (κ2) is 4.88. The summed E-state index contributed by atoms with van der Waals surface area (Å²) < 4.78 is 0. The lowest BCUT2D eigenvalue weighted by molar-refractivity contribution is -0.122. The smallest absolute Gasteiger partial charge is 0.225 e. The molecule has 1 aliphatic rings. The third-order valence-electron chi connectivity index (χ3n) is 3.29. The summed E-state index contributed by atoms with van der Waals surface area (Å²) in [5, 5.41) is 2.92. The van der Waals surface area contributed by atoms with Gasteiger partial charge in [-0.1, -0.05) is 38.1 Å². The predicted molar refractivity (Wildman–Crippen MR) is 68.5 cm³/mol. The van der Waals surface area contributed by atoms with Gasteiger partial charge in [0.2, 0.25) is 5.91 Å². The fourth-order valence-electron chi connectivity index (χ4n) is 1.86. The second-order valence-electron chi connectivity index (χ2n) is 5.12. The molecule has 1 aliphatic carbocycles. The maximum atomic E-state index is 11.6. The standard InChI is InChI=1S/C14H20N2O/c1-9(2)11-5-3-10(4-6-11)8-16-14(17)12-7-13(12)15/h3-6,9,12-13H,7-8,15H2,1-2H3,(H,16,17). The van der Waals surface area contributed by atoms with Crippen molar-refractivity contribution in [2.75, 3.05) is 0 Å². The molecular formula is C14H20N2O. The van der Waals surface area contributed by atoms with Crippen molar-refractivity contribution >= 4 is 5.91 Å². The van der Waals surface area contributed by atoms with Crippen LogP contribution in [0.25, 0.3) is 0 Å². The van der Waals surface area contributed by atoms with Gasteiger partial charge in [-0.3, -0.25) is 4.79 Å². The van der Waals surface area contributed by atoms with Gasteiger partial charge < -0.3 is 11.1 Å². The van der Waals surface area contributed by atoms with Crippen molar-refractivity contribution in [2.24, 2.45) is 11.7 Å². The Hall–Kier alpha value is -1.35. The highest BCUT2D eigenvalue weighted by Gasteiger charge is 2.39. The van der Waals surface area contributed by atoms with Gasteiger partial charge in [0.15, 0.2) is 0 Å². The van der Waals surface area contributed by atoms with Gasteiger partial charge in [-0.05, 0) is 23.5 Å². The molecule has 1 aromatic carbocycles. The number of carbonyl (C=O) groups is 1. The molecule has 0 radical (unpaired) electrons. The van der Waals surface area contributed by atoms with Crippen LogP contribution >= 0.6 is 0 Å². The monoisotopic (exact) mass is 232 g/mol. The van der Waals surface area contributed by atoms with E-state index < -0.39 is 0 Å². The minimum Gasteiger partial charge on any atom is -0.352 e. The Kier molecular flexibility index (Phi) is 3.48. The molecule has 17 heavy (non-hydrogen) atoms. The maximum Gasteiger partial charge on any atom is 0.225 e. The average Bonchev–Trinajstić information content (AvgIpc) is 3.04. The van der Waals surface area contributed by atoms with E-state index in [0.29, 0.717) is 12.5 Å². The molecule has 0 bridgehead atoms. The Morgan fingerprint density at radius 2 is 2.00 bits per heavy atom. The molecule has 0 heterocycles. The number of hydrogen-bond donors (Lipinski definition) is 2. The number of hydrogen-bond acceptors (Lipinski definition) is 2. The number of amides is 1. The van der Waals surface area contributed by atoms with E-state index in [0.717, 1.165) is 12.0 Å². The molecule has 1 saturated carbocycles. The number of carbonyl (C=O) groups excluding carboxylic acids is 1. The summed E-state index contributed by atoms with van der Waals surface area (Å²) in [4.78, 5) is 11.6. The third-order valence-corrected chi connectivity index (χ3v) is 3.29. The van der Waals surface area contributed by atoms with Gasteiger partial charge in [0.1, 0.15) is 0 Å². The molecule has 0 spiro atoms. The van der Waals surface area contributed by atoms with Crippen molar-refractivity contribution in [3.63, 3.8) is 0 Å². The zero-order valence-corrected chi connectivity index (χ0v) is 10.4. The van der Waals surface area contributed by atoms with Crippen LogP contribution in [-0.4, -0.2) is 11.9 Å². The van der Waals surface area contributed by atoms with Crippen molar-refractivity contribution < 1.29 is 4.79 Å². The fourth-order valence-corrected chi connectivity index (χ4v) is 1.86.